The maximum atomic E-state index is 13.1. The number of amides is 1. The first-order chi connectivity index (χ1) is 12.2. The second-order valence-corrected chi connectivity index (χ2v) is 6.17. The molecule has 5 heteroatoms. The van der Waals surface area contributed by atoms with Crippen LogP contribution >= 0.6 is 0 Å². The molecule has 1 aliphatic rings. The van der Waals surface area contributed by atoms with Crippen LogP contribution in [0.25, 0.3) is 11.3 Å². The van der Waals surface area contributed by atoms with Gasteiger partial charge in [0.2, 0.25) is 5.91 Å². The van der Waals surface area contributed by atoms with Gasteiger partial charge >= 0.3 is 0 Å². The first-order valence-electron chi connectivity index (χ1n) is 8.26. The molecule has 0 N–H and O–H groups in total. The molecule has 0 saturated carbocycles. The lowest BCUT2D eigenvalue weighted by molar-refractivity contribution is -0.131. The van der Waals surface area contributed by atoms with E-state index >= 15 is 0 Å². The maximum Gasteiger partial charge on any atom is 0.227 e. The zero-order valence-electron chi connectivity index (χ0n) is 13.6. The molecule has 0 radical (unpaired) electrons. The van der Waals surface area contributed by atoms with E-state index in [-0.39, 0.29) is 11.7 Å². The third kappa shape index (κ3) is 3.18. The second-order valence-electron chi connectivity index (χ2n) is 6.17. The van der Waals surface area contributed by atoms with Crippen LogP contribution in [0.4, 0.5) is 4.39 Å². The zero-order valence-corrected chi connectivity index (χ0v) is 13.6. The summed E-state index contributed by atoms with van der Waals surface area (Å²) in [5.41, 5.74) is 3.57. The molecule has 1 aromatic heterocycles. The van der Waals surface area contributed by atoms with Crippen molar-refractivity contribution in [2.24, 2.45) is 0 Å². The molecule has 0 saturated heterocycles. The van der Waals surface area contributed by atoms with E-state index in [0.29, 0.717) is 31.7 Å². The van der Waals surface area contributed by atoms with Crippen molar-refractivity contribution in [2.75, 3.05) is 6.54 Å². The first-order valence-corrected chi connectivity index (χ1v) is 8.26. The van der Waals surface area contributed by atoms with Crippen molar-refractivity contribution >= 4 is 5.91 Å². The summed E-state index contributed by atoms with van der Waals surface area (Å²) in [7, 11) is 0. The van der Waals surface area contributed by atoms with Crippen LogP contribution in [-0.2, 0) is 24.2 Å². The van der Waals surface area contributed by atoms with Gasteiger partial charge < -0.3 is 9.42 Å². The quantitative estimate of drug-likeness (QED) is 0.734. The van der Waals surface area contributed by atoms with Crippen LogP contribution in [0.3, 0.4) is 0 Å². The molecule has 0 aliphatic carbocycles. The lowest BCUT2D eigenvalue weighted by Crippen LogP contribution is -2.36. The van der Waals surface area contributed by atoms with Gasteiger partial charge in [0.25, 0.3) is 0 Å². The fourth-order valence-electron chi connectivity index (χ4n) is 3.14. The van der Waals surface area contributed by atoms with E-state index in [4.69, 9.17) is 4.52 Å². The summed E-state index contributed by atoms with van der Waals surface area (Å²) in [6.07, 6.45) is 1.05. The first kappa shape index (κ1) is 15.6. The molecule has 0 fully saturated rings. The van der Waals surface area contributed by atoms with Crippen LogP contribution < -0.4 is 0 Å². The molecule has 0 spiro atoms. The molecule has 126 valence electrons. The summed E-state index contributed by atoms with van der Waals surface area (Å²) < 4.78 is 18.6. The molecular formula is C20H17FN2O2. The van der Waals surface area contributed by atoms with Crippen LogP contribution in [0.5, 0.6) is 0 Å². The highest BCUT2D eigenvalue weighted by Gasteiger charge is 2.27. The van der Waals surface area contributed by atoms with Gasteiger partial charge in [0.1, 0.15) is 5.82 Å². The Morgan fingerprint density at radius 2 is 1.88 bits per heavy atom. The Hall–Kier alpha value is -2.95. The Balaban J connectivity index is 1.55. The van der Waals surface area contributed by atoms with Crippen molar-refractivity contribution in [3.63, 3.8) is 0 Å². The highest BCUT2D eigenvalue weighted by atomic mass is 19.1. The van der Waals surface area contributed by atoms with Gasteiger partial charge in [-0.05, 0) is 29.8 Å². The predicted octanol–water partition coefficient (Wildman–Crippen LogP) is 3.61. The average molecular weight is 336 g/mol. The number of fused-ring (bicyclic) bond motifs is 1. The minimum Gasteiger partial charge on any atom is -0.356 e. The Morgan fingerprint density at radius 1 is 1.12 bits per heavy atom. The van der Waals surface area contributed by atoms with Gasteiger partial charge in [-0.1, -0.05) is 35.5 Å². The van der Waals surface area contributed by atoms with E-state index in [2.05, 4.69) is 5.16 Å². The number of benzene rings is 2. The smallest absolute Gasteiger partial charge is 0.227 e. The van der Waals surface area contributed by atoms with Crippen LogP contribution in [0.2, 0.25) is 0 Å². The number of hydrogen-bond donors (Lipinski definition) is 0. The third-order valence-corrected chi connectivity index (χ3v) is 4.49. The summed E-state index contributed by atoms with van der Waals surface area (Å²) in [4.78, 5) is 14.4. The number of carbonyl (C=O) groups excluding carboxylic acids is 1. The van der Waals surface area contributed by atoms with Gasteiger partial charge in [0.05, 0.1) is 18.7 Å². The highest BCUT2D eigenvalue weighted by molar-refractivity contribution is 5.79. The van der Waals surface area contributed by atoms with E-state index in [1.54, 1.807) is 12.1 Å². The standard InChI is InChI=1S/C20H17FN2O2/c21-16-8-6-15(7-9-16)20-17-13-23(11-10-18(17)22-25-20)19(24)12-14-4-2-1-3-5-14/h1-9H,10-13H2. The van der Waals surface area contributed by atoms with Crippen molar-refractivity contribution in [3.8, 4) is 11.3 Å². The fourth-order valence-corrected chi connectivity index (χ4v) is 3.14. The molecule has 2 heterocycles. The van der Waals surface area contributed by atoms with Crippen molar-refractivity contribution in [1.82, 2.24) is 10.1 Å². The normalized spacial score (nSPS) is 13.6. The number of hydrogen-bond acceptors (Lipinski definition) is 3. The molecule has 1 amide bonds. The summed E-state index contributed by atoms with van der Waals surface area (Å²) in [6.45, 7) is 1.10. The number of carbonyl (C=O) groups is 1. The van der Waals surface area contributed by atoms with Gasteiger partial charge in [-0.15, -0.1) is 0 Å². The molecule has 4 nitrogen and oxygen atoms in total. The fraction of sp³-hybridized carbons (Fsp3) is 0.200. The predicted molar refractivity (Wildman–Crippen MR) is 91.2 cm³/mol. The van der Waals surface area contributed by atoms with E-state index in [9.17, 15) is 9.18 Å². The number of nitrogens with zero attached hydrogens (tertiary/aromatic N) is 2. The molecule has 0 unspecified atom stereocenters. The summed E-state index contributed by atoms with van der Waals surface area (Å²) >= 11 is 0. The molecular weight excluding hydrogens is 319 g/mol. The second kappa shape index (κ2) is 6.51. The van der Waals surface area contributed by atoms with Crippen molar-refractivity contribution in [2.45, 2.75) is 19.4 Å². The lowest BCUT2D eigenvalue weighted by Gasteiger charge is -2.26. The topological polar surface area (TPSA) is 46.3 Å². The summed E-state index contributed by atoms with van der Waals surface area (Å²) in [5, 5.41) is 4.13. The molecule has 1 aliphatic heterocycles. The molecule has 0 bridgehead atoms. The Bertz CT molecular complexity index is 888. The van der Waals surface area contributed by atoms with Crippen molar-refractivity contribution < 1.29 is 13.7 Å². The van der Waals surface area contributed by atoms with Crippen LogP contribution in [0.15, 0.2) is 59.1 Å². The number of aromatic nitrogens is 1. The van der Waals surface area contributed by atoms with Crippen LogP contribution in [-0.4, -0.2) is 22.5 Å². The van der Waals surface area contributed by atoms with Gasteiger partial charge in [0.15, 0.2) is 5.76 Å². The van der Waals surface area contributed by atoms with Gasteiger partial charge in [-0.2, -0.15) is 0 Å². The number of halogens is 1. The minimum atomic E-state index is -0.295. The molecule has 2 aromatic carbocycles. The summed E-state index contributed by atoms with van der Waals surface area (Å²) in [5.74, 6) is 0.409. The maximum absolute atomic E-state index is 13.1. The van der Waals surface area contributed by atoms with Gasteiger partial charge in [0, 0.05) is 24.1 Å². The van der Waals surface area contributed by atoms with E-state index in [0.717, 1.165) is 22.4 Å². The number of rotatable bonds is 3. The Kier molecular flexibility index (Phi) is 4.06. The molecule has 3 aromatic rings. The SMILES string of the molecule is O=C(Cc1ccccc1)N1CCc2noc(-c3ccc(F)cc3)c2C1. The lowest BCUT2D eigenvalue weighted by atomic mass is 10.0. The monoisotopic (exact) mass is 336 g/mol. The van der Waals surface area contributed by atoms with Gasteiger partial charge in [-0.25, -0.2) is 4.39 Å². The van der Waals surface area contributed by atoms with Crippen molar-refractivity contribution in [1.29, 1.82) is 0 Å². The highest BCUT2D eigenvalue weighted by Crippen LogP contribution is 2.30. The Labute approximate surface area is 144 Å². The van der Waals surface area contributed by atoms with Crippen LogP contribution in [0, 0.1) is 5.82 Å². The van der Waals surface area contributed by atoms with E-state index < -0.39 is 0 Å². The minimum absolute atomic E-state index is 0.0862. The summed E-state index contributed by atoms with van der Waals surface area (Å²) in [6, 6.07) is 15.8. The third-order valence-electron chi connectivity index (χ3n) is 4.49. The van der Waals surface area contributed by atoms with E-state index in [1.165, 1.54) is 12.1 Å². The Morgan fingerprint density at radius 3 is 2.64 bits per heavy atom. The average Bonchev–Trinajstić information content (AvgIpc) is 3.06. The molecule has 25 heavy (non-hydrogen) atoms. The van der Waals surface area contributed by atoms with Crippen molar-refractivity contribution in [3.05, 3.63) is 77.2 Å². The molecule has 0 atom stereocenters. The molecule has 4 rings (SSSR count). The van der Waals surface area contributed by atoms with Gasteiger partial charge in [-0.3, -0.25) is 4.79 Å². The zero-order chi connectivity index (χ0) is 17.2. The van der Waals surface area contributed by atoms with E-state index in [1.807, 2.05) is 35.2 Å². The largest absolute Gasteiger partial charge is 0.356 e. The van der Waals surface area contributed by atoms with Crippen LogP contribution in [0.1, 0.15) is 16.8 Å².